The SMILES string of the molecule is COCCN1CCN2C(=O)[C@H](C)N(C(=O)c3ccc(OC)nc3)C[C@H]2C1=O. The van der Waals surface area contributed by atoms with Crippen molar-refractivity contribution >= 4 is 17.7 Å². The van der Waals surface area contributed by atoms with E-state index in [0.717, 1.165) is 0 Å². The van der Waals surface area contributed by atoms with Gasteiger partial charge in [0.25, 0.3) is 5.91 Å². The molecule has 3 heterocycles. The summed E-state index contributed by atoms with van der Waals surface area (Å²) in [6.45, 7) is 3.71. The number of rotatable bonds is 5. The van der Waals surface area contributed by atoms with Gasteiger partial charge in [-0.05, 0) is 13.0 Å². The number of methoxy groups -OCH3 is 2. The standard InChI is InChI=1S/C18H24N4O5/c1-12-16(23)21-7-6-20(8-9-26-2)18(25)14(21)11-22(12)17(24)13-4-5-15(27-3)19-10-13/h4-5,10,12,14H,6-9,11H2,1-3H3/t12-,14-/m0/s1. The smallest absolute Gasteiger partial charge is 0.256 e. The lowest BCUT2D eigenvalue weighted by molar-refractivity contribution is -0.160. The van der Waals surface area contributed by atoms with Crippen LogP contribution in [0.15, 0.2) is 18.3 Å². The molecule has 3 amide bonds. The van der Waals surface area contributed by atoms with Crippen LogP contribution < -0.4 is 4.74 Å². The summed E-state index contributed by atoms with van der Waals surface area (Å²) in [6, 6.07) is 1.91. The molecule has 0 spiro atoms. The number of pyridine rings is 1. The molecule has 0 N–H and O–H groups in total. The zero-order valence-electron chi connectivity index (χ0n) is 15.8. The number of fused-ring (bicyclic) bond motifs is 1. The van der Waals surface area contributed by atoms with Crippen molar-refractivity contribution in [3.63, 3.8) is 0 Å². The van der Waals surface area contributed by atoms with E-state index in [1.54, 1.807) is 36.0 Å². The zero-order valence-corrected chi connectivity index (χ0v) is 15.8. The summed E-state index contributed by atoms with van der Waals surface area (Å²) in [4.78, 5) is 47.3. The van der Waals surface area contributed by atoms with E-state index in [1.807, 2.05) is 0 Å². The zero-order chi connectivity index (χ0) is 19.6. The van der Waals surface area contributed by atoms with Gasteiger partial charge in [0.1, 0.15) is 12.1 Å². The summed E-state index contributed by atoms with van der Waals surface area (Å²) >= 11 is 0. The van der Waals surface area contributed by atoms with Crippen LogP contribution in [0.2, 0.25) is 0 Å². The highest BCUT2D eigenvalue weighted by Crippen LogP contribution is 2.23. The van der Waals surface area contributed by atoms with Crippen LogP contribution in [0.4, 0.5) is 0 Å². The number of aromatic nitrogens is 1. The number of nitrogens with zero attached hydrogens (tertiary/aromatic N) is 4. The first kappa shape index (κ1) is 19.1. The van der Waals surface area contributed by atoms with Crippen LogP contribution in [-0.4, -0.2) is 96.5 Å². The van der Waals surface area contributed by atoms with Gasteiger partial charge < -0.3 is 24.2 Å². The minimum atomic E-state index is -0.658. The Kier molecular flexibility index (Phi) is 5.59. The van der Waals surface area contributed by atoms with Gasteiger partial charge in [0, 0.05) is 39.0 Å². The largest absolute Gasteiger partial charge is 0.481 e. The van der Waals surface area contributed by atoms with Crippen LogP contribution in [0.5, 0.6) is 5.88 Å². The van der Waals surface area contributed by atoms with Crippen molar-refractivity contribution in [2.45, 2.75) is 19.0 Å². The number of carbonyl (C=O) groups is 3. The second kappa shape index (κ2) is 7.91. The lowest BCUT2D eigenvalue weighted by atomic mass is 10.0. The monoisotopic (exact) mass is 376 g/mol. The molecule has 2 saturated heterocycles. The predicted octanol–water partition coefficient (Wildman–Crippen LogP) is -0.380. The highest BCUT2D eigenvalue weighted by molar-refractivity contribution is 6.00. The number of ether oxygens (including phenoxy) is 2. The Balaban J connectivity index is 1.79. The van der Waals surface area contributed by atoms with Crippen LogP contribution in [0.3, 0.4) is 0 Å². The van der Waals surface area contributed by atoms with Gasteiger partial charge in [0.15, 0.2) is 0 Å². The average Bonchev–Trinajstić information content (AvgIpc) is 2.70. The molecule has 0 bridgehead atoms. The molecule has 1 aromatic rings. The molecule has 27 heavy (non-hydrogen) atoms. The predicted molar refractivity (Wildman–Crippen MR) is 95.2 cm³/mol. The molecule has 1 aromatic heterocycles. The average molecular weight is 376 g/mol. The van der Waals surface area contributed by atoms with E-state index in [9.17, 15) is 14.4 Å². The number of hydrogen-bond acceptors (Lipinski definition) is 6. The summed E-state index contributed by atoms with van der Waals surface area (Å²) in [5.74, 6) is -0.283. The third-order valence-corrected chi connectivity index (χ3v) is 5.08. The molecule has 2 aliphatic rings. The molecular formula is C18H24N4O5. The molecule has 0 aromatic carbocycles. The fourth-order valence-corrected chi connectivity index (χ4v) is 3.47. The molecule has 0 aliphatic carbocycles. The highest BCUT2D eigenvalue weighted by atomic mass is 16.5. The van der Waals surface area contributed by atoms with Gasteiger partial charge in [-0.15, -0.1) is 0 Å². The molecule has 0 saturated carbocycles. The second-order valence-corrected chi connectivity index (χ2v) is 6.59. The summed E-state index contributed by atoms with van der Waals surface area (Å²) < 4.78 is 10.1. The van der Waals surface area contributed by atoms with Crippen LogP contribution in [0.1, 0.15) is 17.3 Å². The minimum Gasteiger partial charge on any atom is -0.481 e. The summed E-state index contributed by atoms with van der Waals surface area (Å²) in [5.41, 5.74) is 0.350. The van der Waals surface area contributed by atoms with E-state index in [-0.39, 0.29) is 24.3 Å². The van der Waals surface area contributed by atoms with Gasteiger partial charge in [-0.25, -0.2) is 4.98 Å². The molecule has 0 unspecified atom stereocenters. The number of hydrogen-bond donors (Lipinski definition) is 0. The highest BCUT2D eigenvalue weighted by Gasteiger charge is 2.46. The fourth-order valence-electron chi connectivity index (χ4n) is 3.47. The van der Waals surface area contributed by atoms with Gasteiger partial charge in [0.05, 0.1) is 25.8 Å². The Bertz CT molecular complexity index is 723. The molecule has 2 fully saturated rings. The summed E-state index contributed by atoms with van der Waals surface area (Å²) in [7, 11) is 3.07. The number of amides is 3. The Labute approximate surface area is 157 Å². The van der Waals surface area contributed by atoms with E-state index in [2.05, 4.69) is 4.98 Å². The van der Waals surface area contributed by atoms with Gasteiger partial charge in [-0.3, -0.25) is 14.4 Å². The maximum absolute atomic E-state index is 12.9. The molecule has 0 radical (unpaired) electrons. The first-order valence-electron chi connectivity index (χ1n) is 8.87. The Hall–Kier alpha value is -2.68. The lowest BCUT2D eigenvalue weighted by Gasteiger charge is -2.48. The van der Waals surface area contributed by atoms with Gasteiger partial charge in [0.2, 0.25) is 17.7 Å². The van der Waals surface area contributed by atoms with Crippen molar-refractivity contribution in [1.82, 2.24) is 19.7 Å². The maximum Gasteiger partial charge on any atom is 0.256 e. The van der Waals surface area contributed by atoms with Gasteiger partial charge in [-0.2, -0.15) is 0 Å². The first-order chi connectivity index (χ1) is 13.0. The first-order valence-corrected chi connectivity index (χ1v) is 8.87. The molecule has 146 valence electrons. The molecule has 9 nitrogen and oxygen atoms in total. The number of carbonyl (C=O) groups excluding carboxylic acids is 3. The molecule has 9 heteroatoms. The van der Waals surface area contributed by atoms with Gasteiger partial charge >= 0.3 is 0 Å². The van der Waals surface area contributed by atoms with Crippen molar-refractivity contribution in [2.24, 2.45) is 0 Å². The molecule has 2 atom stereocenters. The van der Waals surface area contributed by atoms with Crippen molar-refractivity contribution in [3.05, 3.63) is 23.9 Å². The van der Waals surface area contributed by atoms with E-state index in [0.29, 0.717) is 37.7 Å². The quantitative estimate of drug-likeness (QED) is 0.696. The van der Waals surface area contributed by atoms with Crippen molar-refractivity contribution in [3.8, 4) is 5.88 Å². The van der Waals surface area contributed by atoms with Crippen LogP contribution >= 0.6 is 0 Å². The third kappa shape index (κ3) is 3.59. The molecule has 2 aliphatic heterocycles. The Morgan fingerprint density at radius 1 is 1.22 bits per heavy atom. The summed E-state index contributed by atoms with van der Waals surface area (Å²) in [6.07, 6.45) is 1.42. The third-order valence-electron chi connectivity index (χ3n) is 5.08. The van der Waals surface area contributed by atoms with Crippen molar-refractivity contribution in [2.75, 3.05) is 47.0 Å². The summed E-state index contributed by atoms with van der Waals surface area (Å²) in [5, 5.41) is 0. The van der Waals surface area contributed by atoms with Crippen molar-refractivity contribution in [1.29, 1.82) is 0 Å². The second-order valence-electron chi connectivity index (χ2n) is 6.59. The van der Waals surface area contributed by atoms with E-state index >= 15 is 0 Å². The van der Waals surface area contributed by atoms with Gasteiger partial charge in [-0.1, -0.05) is 0 Å². The van der Waals surface area contributed by atoms with E-state index < -0.39 is 12.1 Å². The van der Waals surface area contributed by atoms with Crippen LogP contribution in [-0.2, 0) is 14.3 Å². The van der Waals surface area contributed by atoms with Crippen molar-refractivity contribution < 1.29 is 23.9 Å². The number of piperazine rings is 2. The van der Waals surface area contributed by atoms with Crippen LogP contribution in [0, 0.1) is 0 Å². The fraction of sp³-hybridized carbons (Fsp3) is 0.556. The molecular weight excluding hydrogens is 352 g/mol. The minimum absolute atomic E-state index is 0.149. The normalized spacial score (nSPS) is 22.7. The van der Waals surface area contributed by atoms with Crippen LogP contribution in [0.25, 0.3) is 0 Å². The molecule has 3 rings (SSSR count). The Morgan fingerprint density at radius 2 is 2.00 bits per heavy atom. The van der Waals surface area contributed by atoms with E-state index in [4.69, 9.17) is 9.47 Å². The maximum atomic E-state index is 12.9. The lowest BCUT2D eigenvalue weighted by Crippen LogP contribution is -2.69. The van der Waals surface area contributed by atoms with E-state index in [1.165, 1.54) is 18.2 Å². The topological polar surface area (TPSA) is 92.3 Å². The Morgan fingerprint density at radius 3 is 2.63 bits per heavy atom.